The summed E-state index contributed by atoms with van der Waals surface area (Å²) in [5.74, 6) is 0. The van der Waals surface area contributed by atoms with Gasteiger partial charge in [-0.3, -0.25) is 4.90 Å². The van der Waals surface area contributed by atoms with Gasteiger partial charge < -0.3 is 20.3 Å². The Hall–Kier alpha value is -1.15. The lowest BCUT2D eigenvalue weighted by Gasteiger charge is -2.24. The summed E-state index contributed by atoms with van der Waals surface area (Å²) in [4.78, 5) is 17.9. The number of hydrogen-bond acceptors (Lipinski definition) is 5. The number of amides is 2. The van der Waals surface area contributed by atoms with Crippen LogP contribution in [0.5, 0.6) is 0 Å². The average Bonchev–Trinajstić information content (AvgIpc) is 3.17. The van der Waals surface area contributed by atoms with Gasteiger partial charge in [0.1, 0.15) is 0 Å². The first-order valence-electron chi connectivity index (χ1n) is 8.05. The number of methoxy groups -OCH3 is 1. The number of thiophene rings is 1. The highest BCUT2D eigenvalue weighted by Crippen LogP contribution is 2.22. The molecule has 2 rings (SSSR count). The van der Waals surface area contributed by atoms with Crippen molar-refractivity contribution in [3.05, 3.63) is 22.4 Å². The molecule has 2 heterocycles. The van der Waals surface area contributed by atoms with Crippen LogP contribution in [0.2, 0.25) is 0 Å². The number of likely N-dealkylation sites (tertiary alicyclic amines) is 1. The maximum absolute atomic E-state index is 12.1. The number of nitrogens with zero attached hydrogens (tertiary/aromatic N) is 2. The fraction of sp³-hybridized carbons (Fsp3) is 0.688. The van der Waals surface area contributed by atoms with Gasteiger partial charge in [0.15, 0.2) is 0 Å². The Bertz CT molecular complexity index is 467. The van der Waals surface area contributed by atoms with E-state index >= 15 is 0 Å². The third kappa shape index (κ3) is 5.76. The number of carbonyl (C=O) groups excluding carboxylic acids is 1. The maximum atomic E-state index is 12.1. The van der Waals surface area contributed by atoms with Crippen LogP contribution in [0, 0.1) is 0 Å². The van der Waals surface area contributed by atoms with E-state index in [4.69, 9.17) is 4.74 Å². The van der Waals surface area contributed by atoms with Crippen molar-refractivity contribution in [2.24, 2.45) is 0 Å². The van der Waals surface area contributed by atoms with Gasteiger partial charge >= 0.3 is 6.03 Å². The number of nitrogens with one attached hydrogen (secondary N) is 2. The first-order chi connectivity index (χ1) is 11.1. The highest BCUT2D eigenvalue weighted by atomic mass is 32.1. The minimum atomic E-state index is -0.0769. The Kier molecular flexibility index (Phi) is 7.29. The van der Waals surface area contributed by atoms with Crippen molar-refractivity contribution in [3.8, 4) is 0 Å². The summed E-state index contributed by atoms with van der Waals surface area (Å²) < 4.78 is 5.10. The van der Waals surface area contributed by atoms with Crippen LogP contribution in [-0.2, 0) is 4.74 Å². The van der Waals surface area contributed by atoms with E-state index in [0.29, 0.717) is 6.54 Å². The third-order valence-corrected chi connectivity index (χ3v) is 5.14. The van der Waals surface area contributed by atoms with Gasteiger partial charge in [-0.25, -0.2) is 4.79 Å². The van der Waals surface area contributed by atoms with Gasteiger partial charge in [-0.1, -0.05) is 6.07 Å². The van der Waals surface area contributed by atoms with Crippen molar-refractivity contribution in [3.63, 3.8) is 0 Å². The molecular weight excluding hydrogens is 312 g/mol. The van der Waals surface area contributed by atoms with Crippen LogP contribution in [0.3, 0.4) is 0 Å². The van der Waals surface area contributed by atoms with Gasteiger partial charge in [0, 0.05) is 44.2 Å². The Balaban J connectivity index is 1.72. The van der Waals surface area contributed by atoms with Crippen LogP contribution in [0.15, 0.2) is 17.5 Å². The van der Waals surface area contributed by atoms with E-state index in [9.17, 15) is 4.79 Å². The Labute approximate surface area is 142 Å². The van der Waals surface area contributed by atoms with Crippen LogP contribution in [0.4, 0.5) is 4.79 Å². The zero-order valence-corrected chi connectivity index (χ0v) is 15.1. The fourth-order valence-electron chi connectivity index (χ4n) is 2.82. The summed E-state index contributed by atoms with van der Waals surface area (Å²) in [6.07, 6.45) is 0.999. The summed E-state index contributed by atoms with van der Waals surface area (Å²) >= 11 is 1.72. The van der Waals surface area contributed by atoms with E-state index in [2.05, 4.69) is 31.9 Å². The molecular formula is C16H28N4O2S. The summed E-state index contributed by atoms with van der Waals surface area (Å²) in [7, 11) is 5.79. The van der Waals surface area contributed by atoms with Gasteiger partial charge in [-0.2, -0.15) is 0 Å². The molecule has 2 amide bonds. The van der Waals surface area contributed by atoms with E-state index in [-0.39, 0.29) is 18.1 Å². The molecule has 0 radical (unpaired) electrons. The van der Waals surface area contributed by atoms with Crippen molar-refractivity contribution >= 4 is 17.4 Å². The van der Waals surface area contributed by atoms with Crippen LogP contribution in [0.1, 0.15) is 17.3 Å². The molecule has 1 saturated heterocycles. The standard InChI is InChI=1S/C16H28N4O2S/c1-19(2)14(15-5-4-10-23-15)11-17-16(21)18-13-6-7-20(12-13)8-9-22-3/h4-5,10,13-14H,6-9,11-12H2,1-3H3,(H2,17,18,21)/t13-,14-/m0/s1. The molecule has 2 N–H and O–H groups in total. The van der Waals surface area contributed by atoms with E-state index in [1.54, 1.807) is 18.4 Å². The lowest BCUT2D eigenvalue weighted by Crippen LogP contribution is -2.45. The minimum absolute atomic E-state index is 0.0769. The van der Waals surface area contributed by atoms with Crippen LogP contribution >= 0.6 is 11.3 Å². The summed E-state index contributed by atoms with van der Waals surface area (Å²) in [6, 6.07) is 4.52. The van der Waals surface area contributed by atoms with Crippen molar-refractivity contribution in [2.75, 3.05) is 54.0 Å². The second kappa shape index (κ2) is 9.22. The molecule has 0 bridgehead atoms. The number of urea groups is 1. The van der Waals surface area contributed by atoms with Crippen molar-refractivity contribution in [1.82, 2.24) is 20.4 Å². The van der Waals surface area contributed by atoms with E-state index in [0.717, 1.165) is 32.7 Å². The zero-order chi connectivity index (χ0) is 16.7. The predicted molar refractivity (Wildman–Crippen MR) is 94.0 cm³/mol. The van der Waals surface area contributed by atoms with E-state index < -0.39 is 0 Å². The van der Waals surface area contributed by atoms with Crippen LogP contribution < -0.4 is 10.6 Å². The van der Waals surface area contributed by atoms with Crippen LogP contribution in [-0.4, -0.2) is 75.9 Å². The Morgan fingerprint density at radius 2 is 2.39 bits per heavy atom. The molecule has 6 nitrogen and oxygen atoms in total. The topological polar surface area (TPSA) is 56.8 Å². The molecule has 2 atom stereocenters. The highest BCUT2D eigenvalue weighted by molar-refractivity contribution is 7.10. The number of ether oxygens (including phenoxy) is 1. The van der Waals surface area contributed by atoms with Gasteiger partial charge in [0.2, 0.25) is 0 Å². The Morgan fingerprint density at radius 1 is 1.57 bits per heavy atom. The smallest absolute Gasteiger partial charge is 0.315 e. The van der Waals surface area contributed by atoms with Crippen molar-refractivity contribution < 1.29 is 9.53 Å². The van der Waals surface area contributed by atoms with E-state index in [1.807, 2.05) is 20.2 Å². The molecule has 0 spiro atoms. The zero-order valence-electron chi connectivity index (χ0n) is 14.2. The predicted octanol–water partition coefficient (Wildman–Crippen LogP) is 1.37. The average molecular weight is 340 g/mol. The second-order valence-corrected chi connectivity index (χ2v) is 7.11. The molecule has 1 aliphatic heterocycles. The van der Waals surface area contributed by atoms with Gasteiger partial charge in [0.25, 0.3) is 0 Å². The Morgan fingerprint density at radius 3 is 3.04 bits per heavy atom. The van der Waals surface area contributed by atoms with Gasteiger partial charge in [-0.15, -0.1) is 11.3 Å². The lowest BCUT2D eigenvalue weighted by molar-refractivity contribution is 0.159. The molecule has 0 unspecified atom stereocenters. The molecule has 1 aromatic heterocycles. The number of rotatable bonds is 8. The second-order valence-electron chi connectivity index (χ2n) is 6.13. The summed E-state index contributed by atoms with van der Waals surface area (Å²) in [5, 5.41) is 8.15. The molecule has 0 saturated carbocycles. The molecule has 0 aromatic carbocycles. The fourth-order valence-corrected chi connectivity index (χ4v) is 3.74. The molecule has 0 aliphatic carbocycles. The molecule has 1 fully saturated rings. The summed E-state index contributed by atoms with van der Waals surface area (Å²) in [6.45, 7) is 4.20. The largest absolute Gasteiger partial charge is 0.383 e. The quantitative estimate of drug-likeness (QED) is 0.750. The SMILES string of the molecule is COCCN1CC[C@H](NC(=O)NC[C@@H](c2cccs2)N(C)C)C1. The third-order valence-electron chi connectivity index (χ3n) is 4.17. The molecule has 23 heavy (non-hydrogen) atoms. The lowest BCUT2D eigenvalue weighted by atomic mass is 10.2. The first-order valence-corrected chi connectivity index (χ1v) is 8.93. The highest BCUT2D eigenvalue weighted by Gasteiger charge is 2.24. The van der Waals surface area contributed by atoms with Crippen molar-refractivity contribution in [2.45, 2.75) is 18.5 Å². The maximum Gasteiger partial charge on any atom is 0.315 e. The molecule has 7 heteroatoms. The van der Waals surface area contributed by atoms with Gasteiger partial charge in [-0.05, 0) is 32.0 Å². The number of hydrogen-bond donors (Lipinski definition) is 2. The minimum Gasteiger partial charge on any atom is -0.383 e. The monoisotopic (exact) mass is 340 g/mol. The van der Waals surface area contributed by atoms with E-state index in [1.165, 1.54) is 4.88 Å². The summed E-state index contributed by atoms with van der Waals surface area (Å²) in [5.41, 5.74) is 0. The molecule has 130 valence electrons. The number of likely N-dealkylation sites (N-methyl/N-ethyl adjacent to an activating group) is 1. The molecule has 1 aliphatic rings. The van der Waals surface area contributed by atoms with Gasteiger partial charge in [0.05, 0.1) is 12.6 Å². The van der Waals surface area contributed by atoms with Crippen LogP contribution in [0.25, 0.3) is 0 Å². The number of carbonyl (C=O) groups is 1. The first kappa shape index (κ1) is 18.2. The van der Waals surface area contributed by atoms with Crippen molar-refractivity contribution in [1.29, 1.82) is 0 Å². The normalized spacial score (nSPS) is 19.9. The molecule has 1 aromatic rings.